The van der Waals surface area contributed by atoms with Gasteiger partial charge in [-0.2, -0.15) is 0 Å². The maximum absolute atomic E-state index is 13.0. The summed E-state index contributed by atoms with van der Waals surface area (Å²) in [6.07, 6.45) is 0.186. The van der Waals surface area contributed by atoms with E-state index in [0.717, 1.165) is 22.0 Å². The first kappa shape index (κ1) is 15.2. The number of aromatic nitrogens is 1. The van der Waals surface area contributed by atoms with E-state index in [4.69, 9.17) is 11.6 Å². The molecule has 2 N–H and O–H groups in total. The second-order valence-electron chi connectivity index (χ2n) is 6.12. The standard InChI is InChI=1S/C19H17ClN2O2/c20-13-6-7-16-15(10-13)17(12-4-2-1-3-5-12)18(21-16)19(24)22-9-8-14(23)11-22/h1-7,10,14,21,23H,8-9,11H2/t14-/m1/s1. The van der Waals surface area contributed by atoms with Crippen LogP contribution in [0.15, 0.2) is 48.5 Å². The SMILES string of the molecule is O=C(c1[nH]c2ccc(Cl)cc2c1-c1ccccc1)N1CC[C@@H](O)C1. The van der Waals surface area contributed by atoms with Crippen molar-refractivity contribution in [2.24, 2.45) is 0 Å². The number of nitrogens with zero attached hydrogens (tertiary/aromatic N) is 1. The molecule has 1 fully saturated rings. The Bertz CT molecular complexity index is 904. The summed E-state index contributed by atoms with van der Waals surface area (Å²) in [4.78, 5) is 17.9. The number of likely N-dealkylation sites (tertiary alicyclic amines) is 1. The van der Waals surface area contributed by atoms with Gasteiger partial charge in [0.05, 0.1) is 6.10 Å². The van der Waals surface area contributed by atoms with Crippen LogP contribution in [0.3, 0.4) is 0 Å². The molecule has 0 bridgehead atoms. The van der Waals surface area contributed by atoms with E-state index in [1.165, 1.54) is 0 Å². The first-order valence-corrected chi connectivity index (χ1v) is 8.35. The molecule has 1 saturated heterocycles. The van der Waals surface area contributed by atoms with Gasteiger partial charge >= 0.3 is 0 Å². The van der Waals surface area contributed by atoms with Gasteiger partial charge in [-0.25, -0.2) is 0 Å². The van der Waals surface area contributed by atoms with E-state index in [1.807, 2.05) is 48.5 Å². The number of H-pyrrole nitrogens is 1. The topological polar surface area (TPSA) is 56.3 Å². The van der Waals surface area contributed by atoms with E-state index in [1.54, 1.807) is 4.90 Å². The molecule has 4 nitrogen and oxygen atoms in total. The number of hydrogen-bond acceptors (Lipinski definition) is 2. The number of carbonyl (C=O) groups excluding carboxylic acids is 1. The van der Waals surface area contributed by atoms with Gasteiger partial charge in [-0.3, -0.25) is 4.79 Å². The van der Waals surface area contributed by atoms with Crippen molar-refractivity contribution in [1.29, 1.82) is 0 Å². The fraction of sp³-hybridized carbons (Fsp3) is 0.211. The van der Waals surface area contributed by atoms with Crippen LogP contribution >= 0.6 is 11.6 Å². The van der Waals surface area contributed by atoms with Crippen LogP contribution in [0.25, 0.3) is 22.0 Å². The molecule has 0 saturated carbocycles. The maximum atomic E-state index is 13.0. The Labute approximate surface area is 144 Å². The predicted molar refractivity (Wildman–Crippen MR) is 95.3 cm³/mol. The van der Waals surface area contributed by atoms with E-state index >= 15 is 0 Å². The molecule has 1 amide bonds. The summed E-state index contributed by atoms with van der Waals surface area (Å²) in [5.74, 6) is -0.0854. The number of aliphatic hydroxyl groups is 1. The van der Waals surface area contributed by atoms with Gasteiger partial charge in [-0.15, -0.1) is 0 Å². The number of nitrogens with one attached hydrogen (secondary N) is 1. The zero-order valence-corrected chi connectivity index (χ0v) is 13.8. The van der Waals surface area contributed by atoms with E-state index in [2.05, 4.69) is 4.98 Å². The number of hydrogen-bond donors (Lipinski definition) is 2. The number of rotatable bonds is 2. The summed E-state index contributed by atoms with van der Waals surface area (Å²) in [6, 6.07) is 15.4. The Hall–Kier alpha value is -2.30. The minimum absolute atomic E-state index is 0.0854. The van der Waals surface area contributed by atoms with E-state index in [-0.39, 0.29) is 5.91 Å². The number of amides is 1. The highest BCUT2D eigenvalue weighted by Crippen LogP contribution is 2.35. The molecule has 122 valence electrons. The summed E-state index contributed by atoms with van der Waals surface area (Å²) in [6.45, 7) is 0.952. The summed E-state index contributed by atoms with van der Waals surface area (Å²) in [5, 5.41) is 11.3. The number of aliphatic hydroxyl groups excluding tert-OH is 1. The smallest absolute Gasteiger partial charge is 0.271 e. The highest BCUT2D eigenvalue weighted by atomic mass is 35.5. The summed E-state index contributed by atoms with van der Waals surface area (Å²) in [7, 11) is 0. The maximum Gasteiger partial charge on any atom is 0.271 e. The van der Waals surface area contributed by atoms with Gasteiger partial charge in [0.1, 0.15) is 5.69 Å². The molecule has 2 heterocycles. The molecule has 1 aromatic heterocycles. The third kappa shape index (κ3) is 2.58. The molecule has 0 unspecified atom stereocenters. The largest absolute Gasteiger partial charge is 0.391 e. The quantitative estimate of drug-likeness (QED) is 0.747. The van der Waals surface area contributed by atoms with Crippen molar-refractivity contribution in [2.75, 3.05) is 13.1 Å². The van der Waals surface area contributed by atoms with Gasteiger partial charge in [0.15, 0.2) is 0 Å². The third-order valence-corrected chi connectivity index (χ3v) is 4.72. The highest BCUT2D eigenvalue weighted by molar-refractivity contribution is 6.31. The molecule has 24 heavy (non-hydrogen) atoms. The van der Waals surface area contributed by atoms with Gasteiger partial charge < -0.3 is 15.0 Å². The van der Waals surface area contributed by atoms with Crippen molar-refractivity contribution in [3.8, 4) is 11.1 Å². The number of aromatic amines is 1. The minimum Gasteiger partial charge on any atom is -0.391 e. The van der Waals surface area contributed by atoms with Crippen molar-refractivity contribution < 1.29 is 9.90 Å². The van der Waals surface area contributed by atoms with Crippen LogP contribution in [0.2, 0.25) is 5.02 Å². The van der Waals surface area contributed by atoms with Crippen LogP contribution in [-0.2, 0) is 0 Å². The molecule has 1 aliphatic rings. The van der Waals surface area contributed by atoms with Gasteiger partial charge in [0, 0.05) is 34.6 Å². The lowest BCUT2D eigenvalue weighted by atomic mass is 10.0. The number of benzene rings is 2. The van der Waals surface area contributed by atoms with Crippen LogP contribution in [0, 0.1) is 0 Å². The summed E-state index contributed by atoms with van der Waals surface area (Å²) < 4.78 is 0. The Morgan fingerprint density at radius 2 is 2.00 bits per heavy atom. The summed E-state index contributed by atoms with van der Waals surface area (Å²) in [5.41, 5.74) is 3.25. The number of β-amino-alcohol motifs (C(OH)–C–C–N with tert-alkyl or cyclic N) is 1. The van der Waals surface area contributed by atoms with E-state index < -0.39 is 6.10 Å². The van der Waals surface area contributed by atoms with Gasteiger partial charge in [0.2, 0.25) is 0 Å². The van der Waals surface area contributed by atoms with Gasteiger partial charge in [-0.05, 0) is 30.2 Å². The lowest BCUT2D eigenvalue weighted by Crippen LogP contribution is -2.30. The molecule has 0 radical (unpaired) electrons. The van der Waals surface area contributed by atoms with Crippen molar-refractivity contribution in [1.82, 2.24) is 9.88 Å². The Morgan fingerprint density at radius 1 is 1.21 bits per heavy atom. The average molecular weight is 341 g/mol. The molecule has 1 aliphatic heterocycles. The van der Waals surface area contributed by atoms with Crippen LogP contribution in [0.4, 0.5) is 0 Å². The van der Waals surface area contributed by atoms with Gasteiger partial charge in [-0.1, -0.05) is 41.9 Å². The van der Waals surface area contributed by atoms with Crippen molar-refractivity contribution >= 4 is 28.4 Å². The number of halogens is 1. The summed E-state index contributed by atoms with van der Waals surface area (Å²) >= 11 is 6.17. The van der Waals surface area contributed by atoms with Crippen molar-refractivity contribution in [3.63, 3.8) is 0 Å². The van der Waals surface area contributed by atoms with Crippen molar-refractivity contribution in [2.45, 2.75) is 12.5 Å². The molecule has 2 aromatic carbocycles. The van der Waals surface area contributed by atoms with Crippen LogP contribution in [0.1, 0.15) is 16.9 Å². The molecular formula is C19H17ClN2O2. The lowest BCUT2D eigenvalue weighted by molar-refractivity contribution is 0.0761. The first-order chi connectivity index (χ1) is 11.6. The number of fused-ring (bicyclic) bond motifs is 1. The van der Waals surface area contributed by atoms with Crippen LogP contribution in [-0.4, -0.2) is 40.1 Å². The van der Waals surface area contributed by atoms with Crippen LogP contribution < -0.4 is 0 Å². The lowest BCUT2D eigenvalue weighted by Gasteiger charge is -2.16. The normalized spacial score (nSPS) is 17.6. The second-order valence-corrected chi connectivity index (χ2v) is 6.56. The van der Waals surface area contributed by atoms with E-state index in [9.17, 15) is 9.90 Å². The van der Waals surface area contributed by atoms with Crippen molar-refractivity contribution in [3.05, 3.63) is 59.2 Å². The molecule has 1 atom stereocenters. The monoisotopic (exact) mass is 340 g/mol. The molecule has 5 heteroatoms. The Kier molecular flexibility index (Phi) is 3.79. The zero-order valence-electron chi connectivity index (χ0n) is 13.0. The fourth-order valence-corrected chi connectivity index (χ4v) is 3.49. The van der Waals surface area contributed by atoms with Crippen LogP contribution in [0.5, 0.6) is 0 Å². The molecule has 0 spiro atoms. The Morgan fingerprint density at radius 3 is 2.71 bits per heavy atom. The minimum atomic E-state index is -0.437. The third-order valence-electron chi connectivity index (χ3n) is 4.49. The highest BCUT2D eigenvalue weighted by Gasteiger charge is 2.29. The molecule has 4 rings (SSSR count). The number of carbonyl (C=O) groups is 1. The molecule has 0 aliphatic carbocycles. The van der Waals surface area contributed by atoms with E-state index in [0.29, 0.717) is 30.2 Å². The van der Waals surface area contributed by atoms with Gasteiger partial charge in [0.25, 0.3) is 5.91 Å². The molecule has 3 aromatic rings. The predicted octanol–water partition coefficient (Wildman–Crippen LogP) is 3.70. The molecular weight excluding hydrogens is 324 g/mol. The average Bonchev–Trinajstić information content (AvgIpc) is 3.18. The fourth-order valence-electron chi connectivity index (χ4n) is 3.31. The first-order valence-electron chi connectivity index (χ1n) is 7.97. The zero-order chi connectivity index (χ0) is 16.7. The second kappa shape index (κ2) is 5.96. The Balaban J connectivity index is 1.90.